The smallest absolute Gasteiger partial charge is 0.295 e. The van der Waals surface area contributed by atoms with Crippen LogP contribution in [-0.2, 0) is 14.3 Å². The number of ether oxygens (including phenoxy) is 2. The average molecular weight is 422 g/mol. The van der Waals surface area contributed by atoms with Crippen LogP contribution in [0.4, 0.5) is 0 Å². The van der Waals surface area contributed by atoms with E-state index in [-0.39, 0.29) is 17.4 Å². The van der Waals surface area contributed by atoms with Crippen LogP contribution in [0, 0.1) is 0 Å². The summed E-state index contributed by atoms with van der Waals surface area (Å²) in [4.78, 5) is 31.6. The van der Waals surface area contributed by atoms with Crippen molar-refractivity contribution in [2.45, 2.75) is 38.3 Å². The topological polar surface area (TPSA) is 89.0 Å². The molecular weight excluding hydrogens is 396 g/mol. The van der Waals surface area contributed by atoms with Gasteiger partial charge in [0.1, 0.15) is 11.5 Å². The number of pyridine rings is 1. The third-order valence-electron chi connectivity index (χ3n) is 5.57. The minimum Gasteiger partial charge on any atom is -0.507 e. The van der Waals surface area contributed by atoms with E-state index in [9.17, 15) is 14.7 Å². The fraction of sp³-hybridized carbons (Fsp3) is 0.375. The van der Waals surface area contributed by atoms with Gasteiger partial charge in [0.25, 0.3) is 11.7 Å². The van der Waals surface area contributed by atoms with Crippen molar-refractivity contribution in [3.05, 3.63) is 65.5 Å². The Morgan fingerprint density at radius 1 is 1.26 bits per heavy atom. The molecule has 2 unspecified atom stereocenters. The Morgan fingerprint density at radius 3 is 2.77 bits per heavy atom. The van der Waals surface area contributed by atoms with Crippen LogP contribution >= 0.6 is 0 Å². The second-order valence-corrected chi connectivity index (χ2v) is 7.74. The highest BCUT2D eigenvalue weighted by molar-refractivity contribution is 6.46. The standard InChI is InChI=1S/C24H26N2O5/c1-2-12-30-18-6-3-5-17(14-18)22(27)20-21(16-8-10-25-11-9-16)26(24(29)23(20)28)15-19-7-4-13-31-19/h3,5-6,8-11,14,19,21,27H,2,4,7,12-13,15H2,1H3/b22-20-. The van der Waals surface area contributed by atoms with E-state index in [2.05, 4.69) is 4.98 Å². The molecule has 2 fully saturated rings. The molecule has 2 atom stereocenters. The summed E-state index contributed by atoms with van der Waals surface area (Å²) in [5.74, 6) is -0.939. The first-order chi connectivity index (χ1) is 15.1. The van der Waals surface area contributed by atoms with Crippen molar-refractivity contribution in [1.29, 1.82) is 0 Å². The molecule has 31 heavy (non-hydrogen) atoms. The Labute approximate surface area is 181 Å². The number of benzene rings is 1. The molecule has 1 N–H and O–H groups in total. The minimum absolute atomic E-state index is 0.0711. The lowest BCUT2D eigenvalue weighted by Crippen LogP contribution is -2.36. The summed E-state index contributed by atoms with van der Waals surface area (Å²) in [7, 11) is 0. The zero-order valence-electron chi connectivity index (χ0n) is 17.5. The molecule has 4 rings (SSSR count). The van der Waals surface area contributed by atoms with Crippen LogP contribution in [0.3, 0.4) is 0 Å². The van der Waals surface area contributed by atoms with Gasteiger partial charge < -0.3 is 19.5 Å². The van der Waals surface area contributed by atoms with Gasteiger partial charge in [0.15, 0.2) is 0 Å². The largest absolute Gasteiger partial charge is 0.507 e. The Hall–Kier alpha value is -3.19. The van der Waals surface area contributed by atoms with Crippen LogP contribution in [0.15, 0.2) is 54.4 Å². The van der Waals surface area contributed by atoms with Crippen molar-refractivity contribution in [2.24, 2.45) is 0 Å². The molecule has 7 heteroatoms. The maximum atomic E-state index is 13.0. The number of aromatic nitrogens is 1. The number of nitrogens with zero attached hydrogens (tertiary/aromatic N) is 2. The summed E-state index contributed by atoms with van der Waals surface area (Å²) in [5, 5.41) is 11.1. The summed E-state index contributed by atoms with van der Waals surface area (Å²) in [6.07, 6.45) is 5.73. The normalized spacial score (nSPS) is 22.8. The number of hydrogen-bond acceptors (Lipinski definition) is 6. The Bertz CT molecular complexity index is 982. The van der Waals surface area contributed by atoms with E-state index < -0.39 is 17.7 Å². The van der Waals surface area contributed by atoms with E-state index in [0.717, 1.165) is 19.3 Å². The molecule has 2 aliphatic rings. The van der Waals surface area contributed by atoms with E-state index in [0.29, 0.717) is 36.6 Å². The van der Waals surface area contributed by atoms with Gasteiger partial charge >= 0.3 is 0 Å². The molecule has 0 aliphatic carbocycles. The van der Waals surface area contributed by atoms with Crippen LogP contribution in [0.25, 0.3) is 5.76 Å². The van der Waals surface area contributed by atoms with Crippen LogP contribution in [0.2, 0.25) is 0 Å². The van der Waals surface area contributed by atoms with Crippen molar-refractivity contribution in [3.63, 3.8) is 0 Å². The first-order valence-corrected chi connectivity index (χ1v) is 10.6. The van der Waals surface area contributed by atoms with Gasteiger partial charge in [0, 0.05) is 31.1 Å². The molecule has 2 saturated heterocycles. The lowest BCUT2D eigenvalue weighted by molar-refractivity contribution is -0.140. The number of ketones is 1. The van der Waals surface area contributed by atoms with E-state index in [1.54, 1.807) is 48.8 Å². The van der Waals surface area contributed by atoms with Gasteiger partial charge in [-0.2, -0.15) is 0 Å². The summed E-state index contributed by atoms with van der Waals surface area (Å²) < 4.78 is 11.4. The fourth-order valence-corrected chi connectivity index (χ4v) is 4.08. The molecule has 0 saturated carbocycles. The van der Waals surface area contributed by atoms with Crippen LogP contribution in [-0.4, -0.2) is 52.5 Å². The van der Waals surface area contributed by atoms with Crippen molar-refractivity contribution < 1.29 is 24.2 Å². The Kier molecular flexibility index (Phi) is 6.32. The fourth-order valence-electron chi connectivity index (χ4n) is 4.08. The molecule has 162 valence electrons. The molecule has 1 amide bonds. The van der Waals surface area contributed by atoms with Gasteiger partial charge in [-0.15, -0.1) is 0 Å². The summed E-state index contributed by atoms with van der Waals surface area (Å²) in [6.45, 7) is 3.51. The van der Waals surface area contributed by atoms with E-state index >= 15 is 0 Å². The minimum atomic E-state index is -0.701. The molecule has 0 bridgehead atoms. The number of rotatable bonds is 7. The number of hydrogen-bond donors (Lipinski definition) is 1. The van der Waals surface area contributed by atoms with Crippen molar-refractivity contribution >= 4 is 17.4 Å². The maximum Gasteiger partial charge on any atom is 0.295 e. The van der Waals surface area contributed by atoms with Gasteiger partial charge in [-0.25, -0.2) is 0 Å². The number of carbonyl (C=O) groups excluding carboxylic acids is 2. The third kappa shape index (κ3) is 4.32. The first-order valence-electron chi connectivity index (χ1n) is 10.6. The monoisotopic (exact) mass is 422 g/mol. The third-order valence-corrected chi connectivity index (χ3v) is 5.57. The van der Waals surface area contributed by atoms with Gasteiger partial charge in [0.05, 0.1) is 24.3 Å². The van der Waals surface area contributed by atoms with E-state index in [1.165, 1.54) is 4.90 Å². The number of aliphatic hydroxyl groups is 1. The number of amides is 1. The first kappa shape index (κ1) is 21.1. The number of aliphatic hydroxyl groups excluding tert-OH is 1. The molecule has 3 heterocycles. The van der Waals surface area contributed by atoms with Gasteiger partial charge in [0.2, 0.25) is 0 Å². The van der Waals surface area contributed by atoms with Crippen LogP contribution < -0.4 is 4.74 Å². The predicted molar refractivity (Wildman–Crippen MR) is 114 cm³/mol. The van der Waals surface area contributed by atoms with Crippen molar-refractivity contribution in [1.82, 2.24) is 9.88 Å². The summed E-state index contributed by atoms with van der Waals surface area (Å²) >= 11 is 0. The zero-order chi connectivity index (χ0) is 21.8. The average Bonchev–Trinajstić information content (AvgIpc) is 3.40. The lowest BCUT2D eigenvalue weighted by atomic mass is 9.95. The zero-order valence-corrected chi connectivity index (χ0v) is 17.5. The van der Waals surface area contributed by atoms with Crippen LogP contribution in [0.1, 0.15) is 43.4 Å². The maximum absolute atomic E-state index is 13.0. The highest BCUT2D eigenvalue weighted by Gasteiger charge is 2.47. The molecular formula is C24H26N2O5. The molecule has 0 radical (unpaired) electrons. The van der Waals surface area contributed by atoms with Gasteiger partial charge in [-0.3, -0.25) is 14.6 Å². The lowest BCUT2D eigenvalue weighted by Gasteiger charge is -2.27. The van der Waals surface area contributed by atoms with Crippen molar-refractivity contribution in [2.75, 3.05) is 19.8 Å². The SMILES string of the molecule is CCCOc1cccc(/C(O)=C2/C(=O)C(=O)N(CC3CCCO3)C2c2ccncc2)c1. The van der Waals surface area contributed by atoms with E-state index in [4.69, 9.17) is 9.47 Å². The molecule has 2 aromatic rings. The molecule has 1 aromatic heterocycles. The molecule has 2 aliphatic heterocycles. The number of carbonyl (C=O) groups is 2. The van der Waals surface area contributed by atoms with Crippen LogP contribution in [0.5, 0.6) is 5.75 Å². The highest BCUT2D eigenvalue weighted by atomic mass is 16.5. The van der Waals surface area contributed by atoms with Gasteiger partial charge in [-0.1, -0.05) is 19.1 Å². The quantitative estimate of drug-likeness (QED) is 0.418. The summed E-state index contributed by atoms with van der Waals surface area (Å²) in [5.41, 5.74) is 1.22. The number of Topliss-reactive ketones (excluding diaryl/α,β-unsaturated/α-hetero) is 1. The molecule has 0 spiro atoms. The highest BCUT2D eigenvalue weighted by Crippen LogP contribution is 2.40. The van der Waals surface area contributed by atoms with E-state index in [1.807, 2.05) is 6.92 Å². The van der Waals surface area contributed by atoms with Crippen molar-refractivity contribution in [3.8, 4) is 5.75 Å². The second kappa shape index (κ2) is 9.31. The number of likely N-dealkylation sites (tertiary alicyclic amines) is 1. The molecule has 7 nitrogen and oxygen atoms in total. The predicted octanol–water partition coefficient (Wildman–Crippen LogP) is 3.47. The summed E-state index contributed by atoms with van der Waals surface area (Å²) in [6, 6.07) is 9.74. The molecule has 1 aromatic carbocycles. The second-order valence-electron chi connectivity index (χ2n) is 7.74. The Balaban J connectivity index is 1.76. The van der Waals surface area contributed by atoms with Gasteiger partial charge in [-0.05, 0) is 49.1 Å². The Morgan fingerprint density at radius 2 is 2.06 bits per heavy atom.